The van der Waals surface area contributed by atoms with E-state index in [-0.39, 0.29) is 4.99 Å². The quantitative estimate of drug-likeness (QED) is 0.790. The summed E-state index contributed by atoms with van der Waals surface area (Å²) in [6.07, 6.45) is 0.883. The molecule has 1 saturated heterocycles. The van der Waals surface area contributed by atoms with E-state index < -0.39 is 10.0 Å². The molecule has 21 heavy (non-hydrogen) atoms. The van der Waals surface area contributed by atoms with Crippen LogP contribution in [0.1, 0.15) is 25.1 Å². The molecule has 1 aliphatic heterocycles. The Hall–Kier alpha value is -0.540. The normalized spacial score (nSPS) is 20.2. The molecule has 1 fully saturated rings. The fourth-order valence-electron chi connectivity index (χ4n) is 2.69. The Bertz CT molecular complexity index is 608. The molecule has 0 aliphatic carbocycles. The van der Waals surface area contributed by atoms with E-state index in [4.69, 9.17) is 18.0 Å². The third-order valence-corrected chi connectivity index (χ3v) is 7.67. The van der Waals surface area contributed by atoms with Crippen molar-refractivity contribution in [2.24, 2.45) is 5.73 Å². The molecule has 0 saturated carbocycles. The van der Waals surface area contributed by atoms with Gasteiger partial charge in [-0.1, -0.05) is 26.1 Å². The van der Waals surface area contributed by atoms with Crippen LogP contribution in [0.2, 0.25) is 0 Å². The smallest absolute Gasteiger partial charge is 0.252 e. The highest BCUT2D eigenvalue weighted by Crippen LogP contribution is 2.28. The highest BCUT2D eigenvalue weighted by molar-refractivity contribution is 7.91. The lowest BCUT2D eigenvalue weighted by Crippen LogP contribution is -2.38. The third-order valence-electron chi connectivity index (χ3n) is 3.87. The highest BCUT2D eigenvalue weighted by atomic mass is 32.2. The Kier molecular flexibility index (Phi) is 5.37. The predicted molar refractivity (Wildman–Crippen MR) is 90.3 cm³/mol. The van der Waals surface area contributed by atoms with Crippen molar-refractivity contribution in [1.82, 2.24) is 9.21 Å². The number of hydrogen-bond acceptors (Lipinski definition) is 5. The first-order valence-corrected chi connectivity index (χ1v) is 9.70. The Morgan fingerprint density at radius 2 is 2.14 bits per heavy atom. The summed E-state index contributed by atoms with van der Waals surface area (Å²) in [6.45, 7) is 7.23. The molecule has 0 spiro atoms. The van der Waals surface area contributed by atoms with E-state index >= 15 is 0 Å². The standard InChI is InChI=1S/C13H21N3O2S3/c1-3-15(4-2)10-7-8-16(9-10)21(17,18)12-6-5-11(20-12)13(14)19/h5-6,10H,3-4,7-9H2,1-2H3,(H2,14,19). The third kappa shape index (κ3) is 3.45. The van der Waals surface area contributed by atoms with Crippen molar-refractivity contribution >= 4 is 38.6 Å². The van der Waals surface area contributed by atoms with Crippen LogP contribution in [0.4, 0.5) is 0 Å². The second-order valence-corrected chi connectivity index (χ2v) is 8.70. The second kappa shape index (κ2) is 6.70. The molecule has 0 aromatic carbocycles. The molecule has 2 N–H and O–H groups in total. The molecule has 1 atom stereocenters. The van der Waals surface area contributed by atoms with Crippen LogP contribution in [0.5, 0.6) is 0 Å². The largest absolute Gasteiger partial charge is 0.389 e. The van der Waals surface area contributed by atoms with Gasteiger partial charge in [-0.15, -0.1) is 11.3 Å². The van der Waals surface area contributed by atoms with E-state index in [1.165, 1.54) is 0 Å². The van der Waals surface area contributed by atoms with Crippen molar-refractivity contribution in [2.45, 2.75) is 30.5 Å². The van der Waals surface area contributed by atoms with Gasteiger partial charge < -0.3 is 5.73 Å². The van der Waals surface area contributed by atoms with Gasteiger partial charge in [-0.2, -0.15) is 4.31 Å². The molecule has 1 unspecified atom stereocenters. The van der Waals surface area contributed by atoms with Crippen molar-refractivity contribution in [3.63, 3.8) is 0 Å². The number of likely N-dealkylation sites (N-methyl/N-ethyl adjacent to an activating group) is 1. The minimum Gasteiger partial charge on any atom is -0.389 e. The van der Waals surface area contributed by atoms with E-state index in [1.807, 2.05) is 0 Å². The van der Waals surface area contributed by atoms with E-state index in [0.717, 1.165) is 30.8 Å². The molecule has 2 rings (SSSR count). The van der Waals surface area contributed by atoms with E-state index in [1.54, 1.807) is 16.4 Å². The van der Waals surface area contributed by atoms with Gasteiger partial charge in [-0.3, -0.25) is 4.90 Å². The van der Waals surface area contributed by atoms with Crippen LogP contribution in [-0.4, -0.2) is 54.8 Å². The number of nitrogens with zero attached hydrogens (tertiary/aromatic N) is 2. The number of nitrogens with two attached hydrogens (primary N) is 1. The average molecular weight is 348 g/mol. The molecular weight excluding hydrogens is 326 g/mol. The maximum atomic E-state index is 12.6. The van der Waals surface area contributed by atoms with Crippen LogP contribution in [0.25, 0.3) is 0 Å². The summed E-state index contributed by atoms with van der Waals surface area (Å²) in [6, 6.07) is 3.58. The number of thiophene rings is 1. The van der Waals surface area contributed by atoms with Crippen molar-refractivity contribution in [3.05, 3.63) is 17.0 Å². The number of rotatable bonds is 6. The fraction of sp³-hybridized carbons (Fsp3) is 0.615. The number of thiocarbonyl (C=S) groups is 1. The molecule has 8 heteroatoms. The van der Waals surface area contributed by atoms with Crippen molar-refractivity contribution in [3.8, 4) is 0 Å². The van der Waals surface area contributed by atoms with E-state index in [2.05, 4.69) is 18.7 Å². The summed E-state index contributed by atoms with van der Waals surface area (Å²) < 4.78 is 27.2. The predicted octanol–water partition coefficient (Wildman–Crippen LogP) is 1.49. The Morgan fingerprint density at radius 1 is 1.48 bits per heavy atom. The molecule has 0 radical (unpaired) electrons. The SMILES string of the molecule is CCN(CC)C1CCN(S(=O)(=O)c2ccc(C(N)=S)s2)C1. The van der Waals surface area contributed by atoms with Gasteiger partial charge in [0.05, 0.1) is 4.88 Å². The van der Waals surface area contributed by atoms with Gasteiger partial charge in [-0.25, -0.2) is 8.42 Å². The van der Waals surface area contributed by atoms with Gasteiger partial charge in [0.2, 0.25) is 0 Å². The molecule has 5 nitrogen and oxygen atoms in total. The molecule has 0 bridgehead atoms. The summed E-state index contributed by atoms with van der Waals surface area (Å²) in [5.74, 6) is 0. The van der Waals surface area contributed by atoms with Crippen molar-refractivity contribution in [1.29, 1.82) is 0 Å². The van der Waals surface area contributed by atoms with E-state index in [0.29, 0.717) is 28.2 Å². The maximum absolute atomic E-state index is 12.6. The Labute approximate surface area is 135 Å². The lowest BCUT2D eigenvalue weighted by molar-refractivity contribution is 0.225. The van der Waals surface area contributed by atoms with Gasteiger partial charge in [0.1, 0.15) is 9.20 Å². The van der Waals surface area contributed by atoms with Crippen LogP contribution < -0.4 is 5.73 Å². The van der Waals surface area contributed by atoms with Crippen LogP contribution in [0.15, 0.2) is 16.3 Å². The summed E-state index contributed by atoms with van der Waals surface area (Å²) >= 11 is 6.04. The Morgan fingerprint density at radius 3 is 2.67 bits per heavy atom. The van der Waals surface area contributed by atoms with Gasteiger partial charge in [-0.05, 0) is 31.6 Å². The topological polar surface area (TPSA) is 66.6 Å². The van der Waals surface area contributed by atoms with Gasteiger partial charge in [0, 0.05) is 19.1 Å². The zero-order valence-corrected chi connectivity index (χ0v) is 14.7. The molecule has 118 valence electrons. The first-order valence-electron chi connectivity index (χ1n) is 7.04. The zero-order valence-electron chi connectivity index (χ0n) is 12.3. The van der Waals surface area contributed by atoms with Gasteiger partial charge >= 0.3 is 0 Å². The molecule has 1 aromatic rings. The molecule has 1 aromatic heterocycles. The summed E-state index contributed by atoms with van der Waals surface area (Å²) in [7, 11) is -3.42. The van der Waals surface area contributed by atoms with Gasteiger partial charge in [0.25, 0.3) is 10.0 Å². The summed E-state index contributed by atoms with van der Waals surface area (Å²) in [4.78, 5) is 3.19. The number of hydrogen-bond donors (Lipinski definition) is 1. The lowest BCUT2D eigenvalue weighted by atomic mass is 10.2. The minimum atomic E-state index is -3.42. The second-order valence-electron chi connectivity index (χ2n) is 5.01. The first-order chi connectivity index (χ1) is 9.90. The van der Waals surface area contributed by atoms with Gasteiger partial charge in [0.15, 0.2) is 0 Å². The monoisotopic (exact) mass is 347 g/mol. The molecule has 0 amide bonds. The Balaban J connectivity index is 2.15. The number of sulfonamides is 1. The first kappa shape index (κ1) is 16.8. The average Bonchev–Trinajstić information content (AvgIpc) is 3.10. The van der Waals surface area contributed by atoms with Crippen LogP contribution in [0, 0.1) is 0 Å². The van der Waals surface area contributed by atoms with Crippen molar-refractivity contribution in [2.75, 3.05) is 26.2 Å². The van der Waals surface area contributed by atoms with Crippen LogP contribution >= 0.6 is 23.6 Å². The zero-order chi connectivity index (χ0) is 15.6. The highest BCUT2D eigenvalue weighted by Gasteiger charge is 2.35. The van der Waals surface area contributed by atoms with E-state index in [9.17, 15) is 8.42 Å². The van der Waals surface area contributed by atoms with Crippen LogP contribution in [-0.2, 0) is 10.0 Å². The maximum Gasteiger partial charge on any atom is 0.252 e. The summed E-state index contributed by atoms with van der Waals surface area (Å²) in [5, 5.41) is 0. The minimum absolute atomic E-state index is 0.240. The van der Waals surface area contributed by atoms with Crippen molar-refractivity contribution < 1.29 is 8.42 Å². The lowest BCUT2D eigenvalue weighted by Gasteiger charge is -2.25. The van der Waals surface area contributed by atoms with Crippen LogP contribution in [0.3, 0.4) is 0 Å². The molecule has 2 heterocycles. The molecule has 1 aliphatic rings. The summed E-state index contributed by atoms with van der Waals surface area (Å²) in [5.41, 5.74) is 5.55. The molecular formula is C13H21N3O2S3. The fourth-order valence-corrected chi connectivity index (χ4v) is 5.68.